The second-order valence-corrected chi connectivity index (χ2v) is 7.02. The number of thiophene rings is 1. The molecule has 110 valence electrons. The highest BCUT2D eigenvalue weighted by molar-refractivity contribution is 7.09. The number of fused-ring (bicyclic) bond motifs is 1. The predicted molar refractivity (Wildman–Crippen MR) is 83.6 cm³/mol. The van der Waals surface area contributed by atoms with Crippen LogP contribution in [0.1, 0.15) is 15.4 Å². The number of nitrogens with one attached hydrogen (secondary N) is 1. The fourth-order valence-electron chi connectivity index (χ4n) is 3.50. The summed E-state index contributed by atoms with van der Waals surface area (Å²) in [6, 6.07) is 8.09. The Hall–Kier alpha value is -1.59. The summed E-state index contributed by atoms with van der Waals surface area (Å²) in [4.78, 5) is 16.1. The summed E-state index contributed by atoms with van der Waals surface area (Å²) >= 11 is 1.73. The van der Waals surface area contributed by atoms with E-state index in [9.17, 15) is 4.79 Å². The summed E-state index contributed by atoms with van der Waals surface area (Å²) < 4.78 is 2.07. The molecule has 21 heavy (non-hydrogen) atoms. The monoisotopic (exact) mass is 301 g/mol. The first-order valence-corrected chi connectivity index (χ1v) is 8.37. The van der Waals surface area contributed by atoms with E-state index in [0.717, 1.165) is 38.4 Å². The van der Waals surface area contributed by atoms with Crippen molar-refractivity contribution < 1.29 is 4.79 Å². The van der Waals surface area contributed by atoms with Gasteiger partial charge in [-0.2, -0.15) is 0 Å². The third kappa shape index (κ3) is 2.40. The molecular formula is C16H19N3OS. The van der Waals surface area contributed by atoms with Crippen LogP contribution in [0.15, 0.2) is 35.8 Å². The van der Waals surface area contributed by atoms with Gasteiger partial charge >= 0.3 is 0 Å². The van der Waals surface area contributed by atoms with Gasteiger partial charge in [0.05, 0.1) is 6.54 Å². The van der Waals surface area contributed by atoms with Crippen molar-refractivity contribution in [1.82, 2.24) is 14.8 Å². The molecule has 2 aliphatic heterocycles. The number of nitrogens with zero attached hydrogens (tertiary/aromatic N) is 2. The number of amides is 1. The number of carbonyl (C=O) groups excluding carboxylic acids is 1. The van der Waals surface area contributed by atoms with Crippen LogP contribution in [0.5, 0.6) is 0 Å². The minimum Gasteiger partial charge on any atom is -0.338 e. The molecular weight excluding hydrogens is 282 g/mol. The van der Waals surface area contributed by atoms with Gasteiger partial charge in [-0.25, -0.2) is 0 Å². The topological polar surface area (TPSA) is 37.3 Å². The maximum atomic E-state index is 12.8. The third-order valence-electron chi connectivity index (χ3n) is 4.63. The molecule has 0 aromatic carbocycles. The fourth-order valence-corrected chi connectivity index (χ4v) is 4.20. The summed E-state index contributed by atoms with van der Waals surface area (Å²) in [6.07, 6.45) is 2.01. The molecule has 0 unspecified atom stereocenters. The van der Waals surface area contributed by atoms with E-state index in [1.807, 2.05) is 23.2 Å². The molecule has 2 aromatic rings. The van der Waals surface area contributed by atoms with Gasteiger partial charge in [-0.3, -0.25) is 4.79 Å². The highest BCUT2D eigenvalue weighted by Crippen LogP contribution is 2.27. The van der Waals surface area contributed by atoms with Gasteiger partial charge in [0, 0.05) is 37.3 Å². The van der Waals surface area contributed by atoms with Crippen molar-refractivity contribution in [2.45, 2.75) is 6.54 Å². The van der Waals surface area contributed by atoms with E-state index < -0.39 is 0 Å². The SMILES string of the molecule is O=C(c1cccn1Cc1cccs1)N1C[C@H]2CNC[C@H]2C1. The molecule has 2 fully saturated rings. The van der Waals surface area contributed by atoms with Gasteiger partial charge in [0.25, 0.3) is 5.91 Å². The van der Waals surface area contributed by atoms with Crippen molar-refractivity contribution in [3.8, 4) is 0 Å². The molecule has 5 heteroatoms. The Morgan fingerprint density at radius 2 is 2.05 bits per heavy atom. The number of likely N-dealkylation sites (tertiary alicyclic amines) is 1. The van der Waals surface area contributed by atoms with Crippen LogP contribution < -0.4 is 5.32 Å². The van der Waals surface area contributed by atoms with E-state index in [-0.39, 0.29) is 5.91 Å². The number of aromatic nitrogens is 1. The molecule has 0 bridgehead atoms. The maximum absolute atomic E-state index is 12.8. The van der Waals surface area contributed by atoms with Crippen molar-refractivity contribution in [3.63, 3.8) is 0 Å². The first-order chi connectivity index (χ1) is 10.3. The Bertz CT molecular complexity index is 622. The molecule has 2 atom stereocenters. The lowest BCUT2D eigenvalue weighted by Crippen LogP contribution is -2.33. The molecule has 1 amide bonds. The quantitative estimate of drug-likeness (QED) is 0.940. The average Bonchev–Trinajstić information content (AvgIpc) is 3.23. The number of carbonyl (C=O) groups is 1. The van der Waals surface area contributed by atoms with Gasteiger partial charge in [-0.15, -0.1) is 11.3 Å². The molecule has 2 aliphatic rings. The van der Waals surface area contributed by atoms with E-state index in [0.29, 0.717) is 11.8 Å². The molecule has 0 radical (unpaired) electrons. The van der Waals surface area contributed by atoms with Crippen LogP contribution in [-0.2, 0) is 6.54 Å². The fraction of sp³-hybridized carbons (Fsp3) is 0.438. The van der Waals surface area contributed by atoms with E-state index in [2.05, 4.69) is 27.4 Å². The van der Waals surface area contributed by atoms with Crippen molar-refractivity contribution in [2.75, 3.05) is 26.2 Å². The summed E-state index contributed by atoms with van der Waals surface area (Å²) in [5.41, 5.74) is 0.816. The second kappa shape index (κ2) is 5.31. The van der Waals surface area contributed by atoms with Crippen molar-refractivity contribution in [3.05, 3.63) is 46.4 Å². The molecule has 4 nitrogen and oxygen atoms in total. The molecule has 2 saturated heterocycles. The average molecular weight is 301 g/mol. The predicted octanol–water partition coefficient (Wildman–Crippen LogP) is 1.89. The Kier molecular flexibility index (Phi) is 3.31. The first kappa shape index (κ1) is 13.1. The third-order valence-corrected chi connectivity index (χ3v) is 5.49. The van der Waals surface area contributed by atoms with E-state index in [1.165, 1.54) is 4.88 Å². The Labute approximate surface area is 128 Å². The number of rotatable bonds is 3. The van der Waals surface area contributed by atoms with Crippen LogP contribution in [0.2, 0.25) is 0 Å². The first-order valence-electron chi connectivity index (χ1n) is 7.49. The highest BCUT2D eigenvalue weighted by Gasteiger charge is 2.38. The zero-order valence-corrected chi connectivity index (χ0v) is 12.7. The van der Waals surface area contributed by atoms with Crippen LogP contribution in [0, 0.1) is 11.8 Å². The summed E-state index contributed by atoms with van der Waals surface area (Å²) in [7, 11) is 0. The lowest BCUT2D eigenvalue weighted by atomic mass is 10.0. The molecule has 0 saturated carbocycles. The van der Waals surface area contributed by atoms with E-state index >= 15 is 0 Å². The molecule has 0 spiro atoms. The Balaban J connectivity index is 1.51. The normalized spacial score (nSPS) is 24.5. The standard InChI is InChI=1S/C16H19N3OS/c20-16(19-9-12-7-17-8-13(12)10-19)15-4-1-5-18(15)11-14-3-2-6-21-14/h1-6,12-13,17H,7-11H2/t12-,13+. The Morgan fingerprint density at radius 3 is 2.76 bits per heavy atom. The van der Waals surface area contributed by atoms with Gasteiger partial charge in [0.15, 0.2) is 0 Å². The summed E-state index contributed by atoms with van der Waals surface area (Å²) in [5.74, 6) is 1.48. The van der Waals surface area contributed by atoms with Crippen LogP contribution in [0.3, 0.4) is 0 Å². The van der Waals surface area contributed by atoms with Crippen LogP contribution >= 0.6 is 11.3 Å². The van der Waals surface area contributed by atoms with Crippen LogP contribution in [-0.4, -0.2) is 41.6 Å². The van der Waals surface area contributed by atoms with Gasteiger partial charge < -0.3 is 14.8 Å². The van der Waals surface area contributed by atoms with Gasteiger partial charge in [0.1, 0.15) is 5.69 Å². The Morgan fingerprint density at radius 1 is 1.24 bits per heavy atom. The van der Waals surface area contributed by atoms with E-state index in [1.54, 1.807) is 11.3 Å². The summed E-state index contributed by atoms with van der Waals surface area (Å²) in [5, 5.41) is 5.50. The second-order valence-electron chi connectivity index (χ2n) is 5.99. The molecule has 4 heterocycles. The molecule has 0 aliphatic carbocycles. The van der Waals surface area contributed by atoms with Gasteiger partial charge in [0.2, 0.25) is 0 Å². The summed E-state index contributed by atoms with van der Waals surface area (Å²) in [6.45, 7) is 4.71. The largest absolute Gasteiger partial charge is 0.338 e. The lowest BCUT2D eigenvalue weighted by Gasteiger charge is -2.18. The number of hydrogen-bond acceptors (Lipinski definition) is 3. The molecule has 1 N–H and O–H groups in total. The zero-order valence-electron chi connectivity index (χ0n) is 11.9. The maximum Gasteiger partial charge on any atom is 0.270 e. The van der Waals surface area contributed by atoms with Crippen molar-refractivity contribution in [2.24, 2.45) is 11.8 Å². The highest BCUT2D eigenvalue weighted by atomic mass is 32.1. The van der Waals surface area contributed by atoms with E-state index in [4.69, 9.17) is 0 Å². The van der Waals surface area contributed by atoms with Gasteiger partial charge in [-0.05, 0) is 35.4 Å². The van der Waals surface area contributed by atoms with Crippen molar-refractivity contribution >= 4 is 17.2 Å². The zero-order chi connectivity index (χ0) is 14.2. The van der Waals surface area contributed by atoms with Crippen molar-refractivity contribution in [1.29, 1.82) is 0 Å². The lowest BCUT2D eigenvalue weighted by molar-refractivity contribution is 0.0771. The van der Waals surface area contributed by atoms with Gasteiger partial charge in [-0.1, -0.05) is 6.07 Å². The minimum atomic E-state index is 0.186. The minimum absolute atomic E-state index is 0.186. The molecule has 4 rings (SSSR count). The molecule has 2 aromatic heterocycles. The smallest absolute Gasteiger partial charge is 0.270 e. The van der Waals surface area contributed by atoms with Crippen LogP contribution in [0.4, 0.5) is 0 Å². The van der Waals surface area contributed by atoms with Crippen LogP contribution in [0.25, 0.3) is 0 Å². The number of hydrogen-bond donors (Lipinski definition) is 1.